The first-order valence-corrected chi connectivity index (χ1v) is 10.9. The average molecular weight is 434 g/mol. The van der Waals surface area contributed by atoms with E-state index >= 15 is 0 Å². The van der Waals surface area contributed by atoms with Crippen LogP contribution in [-0.2, 0) is 38.9 Å². The zero-order valence-electron chi connectivity index (χ0n) is 15.7. The molecule has 1 N–H and O–H groups in total. The summed E-state index contributed by atoms with van der Waals surface area (Å²) in [6, 6.07) is 0. The number of hydrogen-bond donors (Lipinski definition) is 1. The maximum Gasteiger partial charge on any atom is 2.00 e. The number of Topliss-reactive ketones (excluding diaryl/α,β-unsaturated/α-hetero) is 1. The average Bonchev–Trinajstić information content (AvgIpc) is 2.82. The maximum absolute atomic E-state index is 12.4. The zero-order valence-corrected chi connectivity index (χ0v) is 19.5. The number of hydrogen-bond acceptors (Lipinski definition) is 4. The molecule has 0 spiro atoms. The molecule has 0 radical (unpaired) electrons. The summed E-state index contributed by atoms with van der Waals surface area (Å²) in [5.41, 5.74) is 1.25. The molecule has 4 aliphatic carbocycles. The van der Waals surface area contributed by atoms with Crippen LogP contribution in [0.4, 0.5) is 0 Å². The minimum absolute atomic E-state index is 0. The fourth-order valence-corrected chi connectivity index (χ4v) is 7.16. The van der Waals surface area contributed by atoms with Gasteiger partial charge in [-0.2, -0.15) is 8.42 Å². The third kappa shape index (κ3) is 3.17. The summed E-state index contributed by atoms with van der Waals surface area (Å²) in [6.45, 7) is 4.50. The normalized spacial score (nSPS) is 45.0. The minimum atomic E-state index is -4.40. The third-order valence-corrected chi connectivity index (χ3v) is 8.54. The van der Waals surface area contributed by atoms with Crippen LogP contribution in [0.25, 0.3) is 0 Å². The quantitative estimate of drug-likeness (QED) is 0.408. The Bertz CT molecular complexity index is 732. The summed E-state index contributed by atoms with van der Waals surface area (Å²) >= 11 is 0. The first kappa shape index (κ1) is 20.6. The Balaban J connectivity index is 0.00000196. The van der Waals surface area contributed by atoms with Gasteiger partial charge in [-0.3, -0.25) is 9.35 Å². The predicted octanol–water partition coefficient (Wildman–Crippen LogP) is 3.70. The molecule has 0 heterocycles. The molecule has 0 aromatic heterocycles. The van der Waals surface area contributed by atoms with Crippen molar-refractivity contribution in [3.05, 3.63) is 11.6 Å². The van der Waals surface area contributed by atoms with E-state index in [2.05, 4.69) is 19.9 Å². The molecule has 4 rings (SSSR count). The molecular formula is C19H28O5SZn+2. The Morgan fingerprint density at radius 3 is 2.46 bits per heavy atom. The van der Waals surface area contributed by atoms with Gasteiger partial charge in [0.05, 0.1) is 6.10 Å². The summed E-state index contributed by atoms with van der Waals surface area (Å²) in [6.07, 6.45) is 8.79. The summed E-state index contributed by atoms with van der Waals surface area (Å²) in [7, 11) is -4.40. The van der Waals surface area contributed by atoms with Gasteiger partial charge in [0.15, 0.2) is 0 Å². The van der Waals surface area contributed by atoms with Gasteiger partial charge in [0.25, 0.3) is 0 Å². The van der Waals surface area contributed by atoms with Gasteiger partial charge in [0.2, 0.25) is 0 Å². The Morgan fingerprint density at radius 2 is 1.77 bits per heavy atom. The Labute approximate surface area is 169 Å². The summed E-state index contributed by atoms with van der Waals surface area (Å²) in [5, 5.41) is 0. The molecule has 0 aliphatic heterocycles. The Hall–Kier alpha value is -0.0966. The second-order valence-corrected chi connectivity index (χ2v) is 10.1. The second kappa shape index (κ2) is 6.75. The molecule has 6 atom stereocenters. The van der Waals surface area contributed by atoms with Crippen molar-refractivity contribution in [3.63, 3.8) is 0 Å². The molecule has 26 heavy (non-hydrogen) atoms. The van der Waals surface area contributed by atoms with E-state index < -0.39 is 16.5 Å². The zero-order chi connectivity index (χ0) is 18.0. The van der Waals surface area contributed by atoms with Crippen LogP contribution in [0.3, 0.4) is 0 Å². The molecule has 7 heteroatoms. The van der Waals surface area contributed by atoms with Gasteiger partial charge in [0.1, 0.15) is 5.78 Å². The summed E-state index contributed by atoms with van der Waals surface area (Å²) in [4.78, 5) is 12.4. The monoisotopic (exact) mass is 432 g/mol. The van der Waals surface area contributed by atoms with Crippen LogP contribution in [0.2, 0.25) is 0 Å². The van der Waals surface area contributed by atoms with Crippen molar-refractivity contribution in [1.82, 2.24) is 0 Å². The van der Waals surface area contributed by atoms with Crippen LogP contribution in [0.15, 0.2) is 11.6 Å². The fourth-order valence-electron chi connectivity index (χ4n) is 6.65. The smallest absolute Gasteiger partial charge is 0.299 e. The first-order valence-electron chi connectivity index (χ1n) is 9.52. The van der Waals surface area contributed by atoms with Crippen molar-refractivity contribution in [2.24, 2.45) is 28.6 Å². The van der Waals surface area contributed by atoms with Gasteiger partial charge >= 0.3 is 29.9 Å². The second-order valence-electron chi connectivity index (χ2n) is 9.07. The number of rotatable bonds is 2. The Morgan fingerprint density at radius 1 is 1.12 bits per heavy atom. The van der Waals surface area contributed by atoms with Crippen molar-refractivity contribution in [3.8, 4) is 0 Å². The van der Waals surface area contributed by atoms with Crippen molar-refractivity contribution in [2.75, 3.05) is 0 Å². The molecule has 3 unspecified atom stereocenters. The van der Waals surface area contributed by atoms with E-state index in [0.717, 1.165) is 38.5 Å². The van der Waals surface area contributed by atoms with E-state index in [0.29, 0.717) is 36.4 Å². The number of ketones is 1. The topological polar surface area (TPSA) is 80.7 Å². The van der Waals surface area contributed by atoms with Gasteiger partial charge in [-0.05, 0) is 68.1 Å². The third-order valence-electron chi connectivity index (χ3n) is 8.03. The number of carbonyl (C=O) groups is 1. The predicted molar refractivity (Wildman–Crippen MR) is 93.1 cm³/mol. The van der Waals surface area contributed by atoms with E-state index in [1.54, 1.807) is 0 Å². The standard InChI is InChI=1S/C19H28O5S.Zn/c1-18-9-7-13(24-25(21,22)23)11-12(18)3-4-14-15-5-6-17(20)19(15,2)10-8-16(14)18;/h3,13-16H,4-11H2,1-2H3,(H,21,22,23);/q;+2/t13-,14?,15?,16?,18-,19-;/m0./s1. The molecule has 3 saturated carbocycles. The minimum Gasteiger partial charge on any atom is -0.299 e. The molecule has 0 aromatic rings. The summed E-state index contributed by atoms with van der Waals surface area (Å²) in [5.74, 6) is 2.10. The van der Waals surface area contributed by atoms with Crippen molar-refractivity contribution in [1.29, 1.82) is 0 Å². The molecule has 0 bridgehead atoms. The molecule has 140 valence electrons. The van der Waals surface area contributed by atoms with Crippen LogP contribution in [0, 0.1) is 28.6 Å². The SMILES string of the molecule is C[C@]12CC[C@H](OS(=O)(=O)O)CC1=CCC1C2CC[C@]2(C)C(=O)CCC12.[Zn+2]. The van der Waals surface area contributed by atoms with Crippen LogP contribution >= 0.6 is 0 Å². The van der Waals surface area contributed by atoms with Gasteiger partial charge in [-0.15, -0.1) is 0 Å². The molecule has 4 aliphatic rings. The number of carbonyl (C=O) groups excluding carboxylic acids is 1. The molecule has 0 aromatic carbocycles. The first-order chi connectivity index (χ1) is 11.6. The van der Waals surface area contributed by atoms with E-state index in [-0.39, 0.29) is 30.3 Å². The van der Waals surface area contributed by atoms with Crippen molar-refractivity contribution in [2.45, 2.75) is 71.3 Å². The summed E-state index contributed by atoms with van der Waals surface area (Å²) < 4.78 is 35.9. The van der Waals surface area contributed by atoms with Crippen LogP contribution in [-0.4, -0.2) is 24.9 Å². The molecular weight excluding hydrogens is 406 g/mol. The van der Waals surface area contributed by atoms with E-state index in [1.165, 1.54) is 5.57 Å². The van der Waals surface area contributed by atoms with Gasteiger partial charge in [-0.1, -0.05) is 25.5 Å². The van der Waals surface area contributed by atoms with E-state index in [9.17, 15) is 13.2 Å². The Kier molecular flexibility index (Phi) is 5.36. The van der Waals surface area contributed by atoms with Crippen LogP contribution < -0.4 is 0 Å². The number of fused-ring (bicyclic) bond motifs is 5. The van der Waals surface area contributed by atoms with Gasteiger partial charge < -0.3 is 0 Å². The molecule has 0 saturated heterocycles. The van der Waals surface area contributed by atoms with E-state index in [1.807, 2.05) is 0 Å². The molecule has 5 nitrogen and oxygen atoms in total. The van der Waals surface area contributed by atoms with Crippen molar-refractivity contribution >= 4 is 16.2 Å². The fraction of sp³-hybridized carbons (Fsp3) is 0.842. The van der Waals surface area contributed by atoms with Gasteiger partial charge in [-0.25, -0.2) is 4.18 Å². The molecule has 0 amide bonds. The van der Waals surface area contributed by atoms with Gasteiger partial charge in [0, 0.05) is 11.8 Å². The van der Waals surface area contributed by atoms with E-state index in [4.69, 9.17) is 8.74 Å². The number of allylic oxidation sites excluding steroid dienone is 1. The molecule has 3 fully saturated rings. The van der Waals surface area contributed by atoms with Crippen LogP contribution in [0.1, 0.15) is 65.2 Å². The van der Waals surface area contributed by atoms with Crippen LogP contribution in [0.5, 0.6) is 0 Å². The largest absolute Gasteiger partial charge is 2.00 e. The maximum atomic E-state index is 12.4. The van der Waals surface area contributed by atoms with Crippen molar-refractivity contribution < 1.29 is 41.4 Å².